The molecule has 5 atom stereocenters. The van der Waals surface area contributed by atoms with Crippen molar-refractivity contribution in [2.75, 3.05) is 6.54 Å². The lowest BCUT2D eigenvalue weighted by atomic mass is 9.97. The molecule has 0 aliphatic carbocycles. The van der Waals surface area contributed by atoms with Crippen LogP contribution in [0.2, 0.25) is 0 Å². The number of aliphatic hydroxyl groups excluding tert-OH is 4. The number of amides is 1. The zero-order valence-electron chi connectivity index (χ0n) is 9.30. The van der Waals surface area contributed by atoms with Gasteiger partial charge in [-0.25, -0.2) is 5.06 Å². The number of aliphatic hydroxyl groups is 4. The van der Waals surface area contributed by atoms with Crippen LogP contribution in [0.1, 0.15) is 13.3 Å². The lowest BCUT2D eigenvalue weighted by Gasteiger charge is -2.38. The quantitative estimate of drug-likeness (QED) is 0.275. The van der Waals surface area contributed by atoms with Gasteiger partial charge in [0.1, 0.15) is 18.3 Å². The molecular weight excluding hydrogens is 234 g/mol. The lowest BCUT2D eigenvalue weighted by molar-refractivity contribution is -0.284. The number of hydroxylamine groups is 2. The highest BCUT2D eigenvalue weighted by atomic mass is 16.6. The molecule has 0 aromatic carbocycles. The van der Waals surface area contributed by atoms with Crippen LogP contribution in [0.4, 0.5) is 0 Å². The van der Waals surface area contributed by atoms with E-state index in [1.54, 1.807) is 0 Å². The van der Waals surface area contributed by atoms with Crippen molar-refractivity contribution in [1.29, 1.82) is 0 Å². The minimum absolute atomic E-state index is 0.0120. The fraction of sp³-hybridized carbons (Fsp3) is 0.889. The van der Waals surface area contributed by atoms with Gasteiger partial charge in [-0.05, 0) is 6.42 Å². The molecule has 1 amide bonds. The molecule has 0 spiro atoms. The van der Waals surface area contributed by atoms with Crippen molar-refractivity contribution < 1.29 is 35.2 Å². The number of ether oxygens (including phenoxy) is 1. The van der Waals surface area contributed by atoms with Gasteiger partial charge >= 0.3 is 0 Å². The van der Waals surface area contributed by atoms with Gasteiger partial charge in [0.25, 0.3) is 0 Å². The minimum atomic E-state index is -1.61. The molecule has 5 N–H and O–H groups in total. The Morgan fingerprint density at radius 1 is 1.18 bits per heavy atom. The molecule has 1 aliphatic heterocycles. The zero-order valence-corrected chi connectivity index (χ0v) is 9.30. The standard InChI is InChI=1S/C9H17NO7/c1-4(11)10(16)3-2-5-6(12)7(13)8(14)9(15)17-5/h5-9,12-16H,2-3H2,1H3/t5-,6-,7+,8+,9+/m1/s1. The maximum absolute atomic E-state index is 10.7. The molecule has 0 radical (unpaired) electrons. The number of carbonyl (C=O) groups excluding carboxylic acids is 1. The average Bonchev–Trinajstić information content (AvgIpc) is 2.28. The number of hydrogen-bond acceptors (Lipinski definition) is 7. The van der Waals surface area contributed by atoms with Crippen LogP contribution in [0, 0.1) is 0 Å². The van der Waals surface area contributed by atoms with Crippen molar-refractivity contribution in [2.45, 2.75) is 44.1 Å². The monoisotopic (exact) mass is 251 g/mol. The summed E-state index contributed by atoms with van der Waals surface area (Å²) >= 11 is 0. The van der Waals surface area contributed by atoms with E-state index >= 15 is 0 Å². The van der Waals surface area contributed by atoms with Crippen molar-refractivity contribution in [3.63, 3.8) is 0 Å². The van der Waals surface area contributed by atoms with Crippen molar-refractivity contribution in [3.8, 4) is 0 Å². The first kappa shape index (κ1) is 14.3. The molecule has 8 heteroatoms. The number of rotatable bonds is 3. The topological polar surface area (TPSA) is 131 Å². The highest BCUT2D eigenvalue weighted by Gasteiger charge is 2.42. The smallest absolute Gasteiger partial charge is 0.242 e. The van der Waals surface area contributed by atoms with Crippen molar-refractivity contribution in [3.05, 3.63) is 0 Å². The third-order valence-electron chi connectivity index (χ3n) is 2.68. The first-order valence-corrected chi connectivity index (χ1v) is 5.19. The fourth-order valence-corrected chi connectivity index (χ4v) is 1.58. The predicted molar refractivity (Wildman–Crippen MR) is 52.7 cm³/mol. The van der Waals surface area contributed by atoms with E-state index in [0.29, 0.717) is 5.06 Å². The molecule has 0 bridgehead atoms. The van der Waals surface area contributed by atoms with Crippen LogP contribution in [-0.4, -0.2) is 73.9 Å². The van der Waals surface area contributed by atoms with Crippen LogP contribution >= 0.6 is 0 Å². The van der Waals surface area contributed by atoms with Gasteiger partial charge in [-0.3, -0.25) is 10.0 Å². The van der Waals surface area contributed by atoms with E-state index in [0.717, 1.165) is 6.92 Å². The third-order valence-corrected chi connectivity index (χ3v) is 2.68. The SMILES string of the molecule is CC(=O)N(O)CC[C@H]1O[C@H](O)[C@@H](O)[C@@H](O)[C@@H]1O. The summed E-state index contributed by atoms with van der Waals surface area (Å²) in [5, 5.41) is 46.9. The summed E-state index contributed by atoms with van der Waals surface area (Å²) in [6.45, 7) is 1.04. The molecule has 1 saturated heterocycles. The Morgan fingerprint density at radius 3 is 2.29 bits per heavy atom. The molecule has 1 rings (SSSR count). The van der Waals surface area contributed by atoms with Gasteiger partial charge in [-0.15, -0.1) is 0 Å². The molecule has 8 nitrogen and oxygen atoms in total. The lowest BCUT2D eigenvalue weighted by Crippen LogP contribution is -2.57. The second-order valence-electron chi connectivity index (χ2n) is 3.97. The molecule has 0 unspecified atom stereocenters. The van der Waals surface area contributed by atoms with Crippen LogP contribution in [0.5, 0.6) is 0 Å². The van der Waals surface area contributed by atoms with E-state index in [9.17, 15) is 25.2 Å². The Kier molecular flexibility index (Phi) is 4.80. The Morgan fingerprint density at radius 2 is 1.76 bits per heavy atom. The normalized spacial score (nSPS) is 37.9. The minimum Gasteiger partial charge on any atom is -0.388 e. The van der Waals surface area contributed by atoms with Gasteiger partial charge in [0.2, 0.25) is 5.91 Å². The van der Waals surface area contributed by atoms with Gasteiger partial charge < -0.3 is 25.2 Å². The van der Waals surface area contributed by atoms with Gasteiger partial charge in [-0.2, -0.15) is 0 Å². The summed E-state index contributed by atoms with van der Waals surface area (Å²) < 4.78 is 4.86. The number of carbonyl (C=O) groups is 1. The van der Waals surface area contributed by atoms with Gasteiger partial charge in [0.15, 0.2) is 6.29 Å². The zero-order chi connectivity index (χ0) is 13.2. The third kappa shape index (κ3) is 3.35. The average molecular weight is 251 g/mol. The Labute approximate surface area is 97.6 Å². The van der Waals surface area contributed by atoms with E-state index in [4.69, 9.17) is 9.94 Å². The maximum atomic E-state index is 10.7. The highest BCUT2D eigenvalue weighted by Crippen LogP contribution is 2.21. The fourth-order valence-electron chi connectivity index (χ4n) is 1.58. The van der Waals surface area contributed by atoms with Crippen LogP contribution in [-0.2, 0) is 9.53 Å². The van der Waals surface area contributed by atoms with Gasteiger partial charge in [-0.1, -0.05) is 0 Å². The first-order chi connectivity index (χ1) is 7.84. The summed E-state index contributed by atoms with van der Waals surface area (Å²) in [4.78, 5) is 10.7. The van der Waals surface area contributed by atoms with Crippen LogP contribution in [0.15, 0.2) is 0 Å². The number of hydrogen-bond donors (Lipinski definition) is 5. The predicted octanol–water partition coefficient (Wildman–Crippen LogP) is -2.59. The Hall–Kier alpha value is -0.770. The summed E-state index contributed by atoms with van der Waals surface area (Å²) in [7, 11) is 0. The maximum Gasteiger partial charge on any atom is 0.242 e. The molecule has 17 heavy (non-hydrogen) atoms. The van der Waals surface area contributed by atoms with Crippen molar-refractivity contribution >= 4 is 5.91 Å². The summed E-state index contributed by atoms with van der Waals surface area (Å²) in [6, 6.07) is 0. The second kappa shape index (κ2) is 5.71. The van der Waals surface area contributed by atoms with E-state index in [2.05, 4.69) is 0 Å². The molecule has 1 aliphatic rings. The molecule has 0 aromatic heterocycles. The van der Waals surface area contributed by atoms with Crippen molar-refractivity contribution in [1.82, 2.24) is 5.06 Å². The van der Waals surface area contributed by atoms with Gasteiger partial charge in [0.05, 0.1) is 12.6 Å². The van der Waals surface area contributed by atoms with Gasteiger partial charge in [0, 0.05) is 6.92 Å². The van der Waals surface area contributed by atoms with E-state index in [1.165, 1.54) is 0 Å². The molecule has 1 heterocycles. The van der Waals surface area contributed by atoms with Crippen LogP contribution in [0.3, 0.4) is 0 Å². The summed E-state index contributed by atoms with van der Waals surface area (Å²) in [5.41, 5.74) is 0. The highest BCUT2D eigenvalue weighted by molar-refractivity contribution is 5.71. The molecule has 1 fully saturated rings. The second-order valence-corrected chi connectivity index (χ2v) is 3.97. The number of nitrogens with zero attached hydrogens (tertiary/aromatic N) is 1. The van der Waals surface area contributed by atoms with Crippen molar-refractivity contribution in [2.24, 2.45) is 0 Å². The van der Waals surface area contributed by atoms with Crippen LogP contribution < -0.4 is 0 Å². The molecular formula is C9H17NO7. The summed E-state index contributed by atoms with van der Waals surface area (Å²) in [5.74, 6) is -0.573. The largest absolute Gasteiger partial charge is 0.388 e. The van der Waals surface area contributed by atoms with Crippen LogP contribution in [0.25, 0.3) is 0 Å². The van der Waals surface area contributed by atoms with E-state index < -0.39 is 36.6 Å². The Bertz CT molecular complexity index is 274. The summed E-state index contributed by atoms with van der Waals surface area (Å²) in [6.07, 6.45) is -7.08. The first-order valence-electron chi connectivity index (χ1n) is 5.19. The van der Waals surface area contributed by atoms with E-state index in [-0.39, 0.29) is 13.0 Å². The molecule has 0 saturated carbocycles. The van der Waals surface area contributed by atoms with E-state index in [1.807, 2.05) is 0 Å². The Balaban J connectivity index is 2.51. The molecule has 0 aromatic rings. The molecule has 100 valence electrons.